The molecular formula is C10H17ClN4O3S. The van der Waals surface area contributed by atoms with Gasteiger partial charge in [-0.15, -0.1) is 12.4 Å². The lowest BCUT2D eigenvalue weighted by Gasteiger charge is -2.14. The van der Waals surface area contributed by atoms with Crippen molar-refractivity contribution in [3.05, 3.63) is 18.0 Å². The maximum Gasteiger partial charge on any atom is 0.265 e. The van der Waals surface area contributed by atoms with Crippen molar-refractivity contribution in [1.29, 1.82) is 0 Å². The van der Waals surface area contributed by atoms with E-state index in [0.717, 1.165) is 0 Å². The highest BCUT2D eigenvalue weighted by Crippen LogP contribution is 2.22. The molecule has 1 unspecified atom stereocenters. The summed E-state index contributed by atoms with van der Waals surface area (Å²) in [7, 11) is -2.00. The van der Waals surface area contributed by atoms with Gasteiger partial charge in [-0.2, -0.15) is 4.31 Å². The molecule has 0 aromatic carbocycles. The number of aromatic nitrogens is 1. The highest BCUT2D eigenvalue weighted by atomic mass is 35.5. The Morgan fingerprint density at radius 3 is 2.53 bits per heavy atom. The van der Waals surface area contributed by atoms with Crippen LogP contribution in [0.25, 0.3) is 0 Å². The predicted octanol–water partition coefficient (Wildman–Crippen LogP) is -0.732. The number of primary amides is 1. The molecule has 0 radical (unpaired) electrons. The van der Waals surface area contributed by atoms with Crippen molar-refractivity contribution in [2.75, 3.05) is 13.1 Å². The number of nitrogens with two attached hydrogens (primary N) is 2. The summed E-state index contributed by atoms with van der Waals surface area (Å²) in [5.74, 6) is -0.655. The van der Waals surface area contributed by atoms with Crippen molar-refractivity contribution < 1.29 is 13.2 Å². The van der Waals surface area contributed by atoms with Crippen LogP contribution in [0.5, 0.6) is 0 Å². The molecule has 19 heavy (non-hydrogen) atoms. The number of nitrogens with zero attached hydrogens (tertiary/aromatic N) is 2. The van der Waals surface area contributed by atoms with E-state index in [0.29, 0.717) is 19.5 Å². The Kier molecular flexibility index (Phi) is 4.62. The molecule has 1 fully saturated rings. The van der Waals surface area contributed by atoms with E-state index in [2.05, 4.69) is 0 Å². The fourth-order valence-corrected chi connectivity index (χ4v) is 3.63. The summed E-state index contributed by atoms with van der Waals surface area (Å²) in [5, 5.41) is 0. The first kappa shape index (κ1) is 16.0. The van der Waals surface area contributed by atoms with E-state index in [4.69, 9.17) is 11.5 Å². The summed E-state index contributed by atoms with van der Waals surface area (Å²) in [5.41, 5.74) is 11.0. The zero-order chi connectivity index (χ0) is 13.5. The second-order valence-corrected chi connectivity index (χ2v) is 6.39. The average molecular weight is 309 g/mol. The van der Waals surface area contributed by atoms with Gasteiger partial charge >= 0.3 is 0 Å². The normalized spacial score (nSPS) is 20.2. The standard InChI is InChI=1S/C10H16N4O3S.ClH/c1-13-6-8(4-9(13)10(12)15)18(16,17)14-3-2-7(11)5-14;/h4,6-7H,2-3,5,11H2,1H3,(H2,12,15);1H. The summed E-state index contributed by atoms with van der Waals surface area (Å²) in [6.07, 6.45) is 2.04. The minimum atomic E-state index is -3.58. The van der Waals surface area contributed by atoms with Crippen LogP contribution in [0.15, 0.2) is 17.2 Å². The lowest BCUT2D eigenvalue weighted by molar-refractivity contribution is 0.0992. The highest BCUT2D eigenvalue weighted by molar-refractivity contribution is 7.89. The topological polar surface area (TPSA) is 111 Å². The van der Waals surface area contributed by atoms with Gasteiger partial charge in [-0.3, -0.25) is 4.79 Å². The molecule has 0 saturated carbocycles. The molecule has 0 spiro atoms. The van der Waals surface area contributed by atoms with Gasteiger partial charge in [0.15, 0.2) is 0 Å². The molecule has 1 saturated heterocycles. The van der Waals surface area contributed by atoms with Crippen molar-refractivity contribution in [2.45, 2.75) is 17.4 Å². The van der Waals surface area contributed by atoms with Crippen molar-refractivity contribution >= 4 is 28.3 Å². The Morgan fingerprint density at radius 2 is 2.11 bits per heavy atom. The van der Waals surface area contributed by atoms with E-state index < -0.39 is 15.9 Å². The Labute approximate surface area is 118 Å². The fraction of sp³-hybridized carbons (Fsp3) is 0.500. The van der Waals surface area contributed by atoms with Crippen molar-refractivity contribution in [2.24, 2.45) is 18.5 Å². The monoisotopic (exact) mass is 308 g/mol. The molecule has 108 valence electrons. The molecule has 0 bridgehead atoms. The number of aryl methyl sites for hydroxylation is 1. The summed E-state index contributed by atoms with van der Waals surface area (Å²) >= 11 is 0. The number of amides is 1. The lowest BCUT2D eigenvalue weighted by Crippen LogP contribution is -2.31. The van der Waals surface area contributed by atoms with Crippen LogP contribution < -0.4 is 11.5 Å². The molecule has 0 aliphatic carbocycles. The van der Waals surface area contributed by atoms with E-state index >= 15 is 0 Å². The van der Waals surface area contributed by atoms with E-state index in [1.165, 1.54) is 21.1 Å². The Hall–Kier alpha value is -1.09. The highest BCUT2D eigenvalue weighted by Gasteiger charge is 2.32. The van der Waals surface area contributed by atoms with Gasteiger partial charge in [-0.1, -0.05) is 0 Å². The predicted molar refractivity (Wildman–Crippen MR) is 72.5 cm³/mol. The van der Waals surface area contributed by atoms with Gasteiger partial charge in [0, 0.05) is 32.4 Å². The number of sulfonamides is 1. The second kappa shape index (κ2) is 5.49. The zero-order valence-electron chi connectivity index (χ0n) is 10.4. The zero-order valence-corrected chi connectivity index (χ0v) is 12.1. The van der Waals surface area contributed by atoms with Crippen LogP contribution in [0, 0.1) is 0 Å². The van der Waals surface area contributed by atoms with Gasteiger partial charge in [-0.25, -0.2) is 8.42 Å². The van der Waals surface area contributed by atoms with Crippen LogP contribution in [0.2, 0.25) is 0 Å². The van der Waals surface area contributed by atoms with Gasteiger partial charge in [0.2, 0.25) is 10.0 Å². The molecule has 1 aromatic heterocycles. The van der Waals surface area contributed by atoms with E-state index in [1.807, 2.05) is 0 Å². The second-order valence-electron chi connectivity index (χ2n) is 4.45. The molecule has 1 aliphatic heterocycles. The fourth-order valence-electron chi connectivity index (χ4n) is 2.04. The van der Waals surface area contributed by atoms with Gasteiger partial charge in [0.25, 0.3) is 5.91 Å². The van der Waals surface area contributed by atoms with Crippen LogP contribution in [-0.2, 0) is 17.1 Å². The maximum atomic E-state index is 12.3. The first-order chi connectivity index (χ1) is 8.32. The van der Waals surface area contributed by atoms with Crippen LogP contribution in [0.3, 0.4) is 0 Å². The summed E-state index contributed by atoms with van der Waals surface area (Å²) < 4.78 is 27.3. The van der Waals surface area contributed by atoms with E-state index in [9.17, 15) is 13.2 Å². The smallest absolute Gasteiger partial charge is 0.265 e. The van der Waals surface area contributed by atoms with E-state index in [-0.39, 0.29) is 29.0 Å². The molecule has 1 atom stereocenters. The van der Waals surface area contributed by atoms with Crippen LogP contribution in [-0.4, -0.2) is 42.3 Å². The van der Waals surface area contributed by atoms with Crippen molar-refractivity contribution in [3.63, 3.8) is 0 Å². The molecule has 1 amide bonds. The quantitative estimate of drug-likeness (QED) is 0.766. The molecule has 2 heterocycles. The van der Waals surface area contributed by atoms with Crippen molar-refractivity contribution in [3.8, 4) is 0 Å². The molecule has 2 rings (SSSR count). The van der Waals surface area contributed by atoms with Gasteiger partial charge in [-0.05, 0) is 12.5 Å². The number of rotatable bonds is 3. The Morgan fingerprint density at radius 1 is 1.47 bits per heavy atom. The number of carbonyl (C=O) groups excluding carboxylic acids is 1. The number of carbonyl (C=O) groups is 1. The molecule has 7 nitrogen and oxygen atoms in total. The first-order valence-corrected chi connectivity index (χ1v) is 6.98. The van der Waals surface area contributed by atoms with Crippen LogP contribution in [0.4, 0.5) is 0 Å². The average Bonchev–Trinajstić information content (AvgIpc) is 2.84. The van der Waals surface area contributed by atoms with Gasteiger partial charge < -0.3 is 16.0 Å². The number of hydrogen-bond acceptors (Lipinski definition) is 4. The molecule has 1 aliphatic rings. The Bertz CT molecular complexity index is 584. The van der Waals surface area contributed by atoms with Gasteiger partial charge in [0.1, 0.15) is 10.6 Å². The van der Waals surface area contributed by atoms with Crippen molar-refractivity contribution in [1.82, 2.24) is 8.87 Å². The summed E-state index contributed by atoms with van der Waals surface area (Å²) in [4.78, 5) is 11.2. The third-order valence-corrected chi connectivity index (χ3v) is 4.89. The summed E-state index contributed by atoms with van der Waals surface area (Å²) in [6, 6.07) is 1.17. The SMILES string of the molecule is Cl.Cn1cc(S(=O)(=O)N2CCC(N)C2)cc1C(N)=O. The maximum absolute atomic E-state index is 12.3. The van der Waals surface area contributed by atoms with Crippen LogP contribution >= 0.6 is 12.4 Å². The third kappa shape index (κ3) is 2.92. The third-order valence-electron chi connectivity index (χ3n) is 3.06. The molecule has 1 aromatic rings. The first-order valence-electron chi connectivity index (χ1n) is 5.54. The lowest BCUT2D eigenvalue weighted by atomic mass is 10.3. The van der Waals surface area contributed by atoms with E-state index in [1.54, 1.807) is 7.05 Å². The van der Waals surface area contributed by atoms with Gasteiger partial charge in [0.05, 0.1) is 0 Å². The summed E-state index contributed by atoms with van der Waals surface area (Å²) in [6.45, 7) is 0.716. The molecular weight excluding hydrogens is 292 g/mol. The molecule has 4 N–H and O–H groups in total. The number of halogens is 1. The minimum Gasteiger partial charge on any atom is -0.364 e. The largest absolute Gasteiger partial charge is 0.364 e. The minimum absolute atomic E-state index is 0. The number of hydrogen-bond donors (Lipinski definition) is 2. The van der Waals surface area contributed by atoms with Crippen LogP contribution in [0.1, 0.15) is 16.9 Å². The molecule has 9 heteroatoms. The Balaban J connectivity index is 0.00000180.